The van der Waals surface area contributed by atoms with Gasteiger partial charge in [-0.15, -0.1) is 0 Å². The summed E-state index contributed by atoms with van der Waals surface area (Å²) in [5.41, 5.74) is 1.53. The molecule has 8 nitrogen and oxygen atoms in total. The number of nitrogens with one attached hydrogen (secondary N) is 1. The number of imidazole rings is 1. The Kier molecular flexibility index (Phi) is 6.48. The van der Waals surface area contributed by atoms with E-state index in [0.29, 0.717) is 16.7 Å². The molecular weight excluding hydrogens is 428 g/mol. The Bertz CT molecular complexity index is 1340. The van der Waals surface area contributed by atoms with Crippen molar-refractivity contribution in [3.8, 4) is 5.75 Å². The SMILES string of the molecule is Cc1ccccc1OC[C@@H](O)Cn1c(SCc2ccccc2)nc2c1c(=O)[nH]c(=O)n2C. The number of hydrogen-bond acceptors (Lipinski definition) is 6. The van der Waals surface area contributed by atoms with Gasteiger partial charge in [0.15, 0.2) is 16.3 Å². The van der Waals surface area contributed by atoms with Crippen molar-refractivity contribution in [1.82, 2.24) is 19.1 Å². The van der Waals surface area contributed by atoms with E-state index in [1.807, 2.05) is 61.5 Å². The molecule has 0 unspecified atom stereocenters. The highest BCUT2D eigenvalue weighted by atomic mass is 32.2. The Labute approximate surface area is 188 Å². The van der Waals surface area contributed by atoms with E-state index in [1.165, 1.54) is 16.3 Å². The molecule has 9 heteroatoms. The number of benzene rings is 2. The first kappa shape index (κ1) is 21.9. The molecule has 2 N–H and O–H groups in total. The van der Waals surface area contributed by atoms with Gasteiger partial charge in [0.05, 0.1) is 6.54 Å². The number of para-hydroxylation sites is 1. The lowest BCUT2D eigenvalue weighted by Gasteiger charge is -2.16. The summed E-state index contributed by atoms with van der Waals surface area (Å²) >= 11 is 1.44. The quantitative estimate of drug-likeness (QED) is 0.398. The van der Waals surface area contributed by atoms with Crippen LogP contribution in [-0.2, 0) is 19.3 Å². The lowest BCUT2D eigenvalue weighted by atomic mass is 10.2. The van der Waals surface area contributed by atoms with Gasteiger partial charge in [0.1, 0.15) is 18.5 Å². The highest BCUT2D eigenvalue weighted by Crippen LogP contribution is 2.25. The van der Waals surface area contributed by atoms with Crippen LogP contribution in [0.15, 0.2) is 69.3 Å². The van der Waals surface area contributed by atoms with E-state index in [2.05, 4.69) is 9.97 Å². The number of ether oxygens (including phenoxy) is 1. The summed E-state index contributed by atoms with van der Waals surface area (Å²) in [4.78, 5) is 31.5. The fourth-order valence-electron chi connectivity index (χ4n) is 3.38. The molecule has 0 amide bonds. The van der Waals surface area contributed by atoms with Gasteiger partial charge < -0.3 is 14.4 Å². The Morgan fingerprint density at radius 1 is 1.12 bits per heavy atom. The van der Waals surface area contributed by atoms with Crippen molar-refractivity contribution in [3.63, 3.8) is 0 Å². The van der Waals surface area contributed by atoms with Gasteiger partial charge in [-0.05, 0) is 24.1 Å². The number of aliphatic hydroxyl groups is 1. The second-order valence-corrected chi connectivity index (χ2v) is 8.44. The monoisotopic (exact) mass is 452 g/mol. The predicted octanol–water partition coefficient (Wildman–Crippen LogP) is 2.46. The maximum Gasteiger partial charge on any atom is 0.329 e. The van der Waals surface area contributed by atoms with Crippen LogP contribution >= 0.6 is 11.8 Å². The average molecular weight is 453 g/mol. The normalized spacial score (nSPS) is 12.2. The zero-order valence-electron chi connectivity index (χ0n) is 17.8. The fourth-order valence-corrected chi connectivity index (χ4v) is 4.34. The van der Waals surface area contributed by atoms with Crippen molar-refractivity contribution >= 4 is 22.9 Å². The topological polar surface area (TPSA) is 102 Å². The third-order valence-electron chi connectivity index (χ3n) is 5.10. The number of H-pyrrole nitrogens is 1. The van der Waals surface area contributed by atoms with Crippen LogP contribution in [-0.4, -0.2) is 36.9 Å². The highest BCUT2D eigenvalue weighted by molar-refractivity contribution is 7.98. The molecule has 2 aromatic heterocycles. The number of nitrogens with zero attached hydrogens (tertiary/aromatic N) is 3. The fraction of sp³-hybridized carbons (Fsp3) is 0.261. The Morgan fingerprint density at radius 3 is 2.59 bits per heavy atom. The number of hydrogen-bond donors (Lipinski definition) is 2. The van der Waals surface area contributed by atoms with Crippen LogP contribution in [0, 0.1) is 6.92 Å². The third-order valence-corrected chi connectivity index (χ3v) is 6.15. The molecule has 32 heavy (non-hydrogen) atoms. The standard InChI is InChI=1S/C23H24N4O4S/c1-15-8-6-7-11-18(15)31-13-17(28)12-27-19-20(26(2)22(30)25-21(19)29)24-23(27)32-14-16-9-4-3-5-10-16/h3-11,17,28H,12-14H2,1-2H3,(H,25,29,30)/t17-/m0/s1. The lowest BCUT2D eigenvalue weighted by molar-refractivity contribution is 0.0910. The minimum atomic E-state index is -0.889. The van der Waals surface area contributed by atoms with E-state index >= 15 is 0 Å². The molecule has 4 aromatic rings. The van der Waals surface area contributed by atoms with Crippen LogP contribution in [0.4, 0.5) is 0 Å². The van der Waals surface area contributed by atoms with E-state index in [9.17, 15) is 14.7 Å². The number of fused-ring (bicyclic) bond motifs is 1. The third kappa shape index (κ3) is 4.63. The molecule has 0 aliphatic rings. The van der Waals surface area contributed by atoms with Crippen molar-refractivity contribution < 1.29 is 9.84 Å². The zero-order valence-corrected chi connectivity index (χ0v) is 18.6. The Hall–Kier alpha value is -3.30. The van der Waals surface area contributed by atoms with Crippen molar-refractivity contribution in [2.75, 3.05) is 6.61 Å². The van der Waals surface area contributed by atoms with Crippen LogP contribution in [0.5, 0.6) is 5.75 Å². The van der Waals surface area contributed by atoms with Gasteiger partial charge in [-0.2, -0.15) is 0 Å². The van der Waals surface area contributed by atoms with Gasteiger partial charge in [-0.1, -0.05) is 60.3 Å². The summed E-state index contributed by atoms with van der Waals surface area (Å²) in [6, 6.07) is 17.4. The smallest absolute Gasteiger partial charge is 0.329 e. The summed E-state index contributed by atoms with van der Waals surface area (Å²) in [5.74, 6) is 1.33. The highest BCUT2D eigenvalue weighted by Gasteiger charge is 2.20. The van der Waals surface area contributed by atoms with Gasteiger partial charge in [-0.3, -0.25) is 14.3 Å². The maximum absolute atomic E-state index is 12.6. The maximum atomic E-state index is 12.6. The molecule has 0 saturated carbocycles. The molecular formula is C23H24N4O4S. The molecule has 0 radical (unpaired) electrons. The average Bonchev–Trinajstić information content (AvgIpc) is 3.15. The lowest BCUT2D eigenvalue weighted by Crippen LogP contribution is -2.30. The van der Waals surface area contributed by atoms with E-state index in [-0.39, 0.29) is 24.3 Å². The number of thioether (sulfide) groups is 1. The van der Waals surface area contributed by atoms with Crippen molar-refractivity contribution in [2.45, 2.75) is 30.5 Å². The van der Waals surface area contributed by atoms with E-state index in [1.54, 1.807) is 11.6 Å². The van der Waals surface area contributed by atoms with Crippen LogP contribution in [0.25, 0.3) is 11.2 Å². The van der Waals surface area contributed by atoms with E-state index in [0.717, 1.165) is 11.1 Å². The van der Waals surface area contributed by atoms with Gasteiger partial charge in [0.2, 0.25) is 0 Å². The first-order chi connectivity index (χ1) is 15.4. The zero-order chi connectivity index (χ0) is 22.7. The number of rotatable bonds is 8. The van der Waals surface area contributed by atoms with Crippen LogP contribution in [0.3, 0.4) is 0 Å². The Morgan fingerprint density at radius 2 is 1.84 bits per heavy atom. The van der Waals surface area contributed by atoms with Crippen molar-refractivity contribution in [1.29, 1.82) is 0 Å². The summed E-state index contributed by atoms with van der Waals surface area (Å²) in [7, 11) is 1.56. The molecule has 4 rings (SSSR count). The number of aryl methyl sites for hydroxylation is 2. The van der Waals surface area contributed by atoms with Gasteiger partial charge >= 0.3 is 5.69 Å². The number of aromatic nitrogens is 4. The van der Waals surface area contributed by atoms with Crippen molar-refractivity contribution in [3.05, 3.63) is 86.6 Å². The van der Waals surface area contributed by atoms with Gasteiger partial charge in [-0.25, -0.2) is 9.78 Å². The summed E-state index contributed by atoms with van der Waals surface area (Å²) < 4.78 is 8.73. The molecule has 0 saturated heterocycles. The number of aromatic amines is 1. The van der Waals surface area contributed by atoms with E-state index < -0.39 is 17.4 Å². The Balaban J connectivity index is 1.63. The molecule has 166 valence electrons. The molecule has 0 bridgehead atoms. The van der Waals surface area contributed by atoms with Gasteiger partial charge in [0.25, 0.3) is 5.56 Å². The summed E-state index contributed by atoms with van der Waals surface area (Å²) in [5, 5.41) is 11.2. The molecule has 1 atom stereocenters. The summed E-state index contributed by atoms with van der Waals surface area (Å²) in [6.45, 7) is 2.08. The number of aliphatic hydroxyl groups excluding tert-OH is 1. The van der Waals surface area contributed by atoms with Crippen molar-refractivity contribution in [2.24, 2.45) is 7.05 Å². The molecule has 2 heterocycles. The molecule has 0 aliphatic heterocycles. The molecule has 2 aromatic carbocycles. The summed E-state index contributed by atoms with van der Waals surface area (Å²) in [6.07, 6.45) is -0.889. The van der Waals surface area contributed by atoms with Crippen LogP contribution in [0.1, 0.15) is 11.1 Å². The van der Waals surface area contributed by atoms with E-state index in [4.69, 9.17) is 4.74 Å². The first-order valence-corrected chi connectivity index (χ1v) is 11.2. The predicted molar refractivity (Wildman–Crippen MR) is 124 cm³/mol. The van der Waals surface area contributed by atoms with Gasteiger partial charge in [0, 0.05) is 12.8 Å². The molecule has 0 aliphatic carbocycles. The minimum absolute atomic E-state index is 0.0526. The largest absolute Gasteiger partial charge is 0.491 e. The second kappa shape index (κ2) is 9.46. The second-order valence-electron chi connectivity index (χ2n) is 7.50. The van der Waals surface area contributed by atoms with Crippen LogP contribution in [0.2, 0.25) is 0 Å². The van der Waals surface area contributed by atoms with Crippen LogP contribution < -0.4 is 16.0 Å². The first-order valence-electron chi connectivity index (χ1n) is 10.2. The minimum Gasteiger partial charge on any atom is -0.491 e. The molecule has 0 spiro atoms. The molecule has 0 fully saturated rings.